The molecule has 0 aromatic heterocycles. The zero-order valence-electron chi connectivity index (χ0n) is 14.4. The van der Waals surface area contributed by atoms with Gasteiger partial charge in [0.2, 0.25) is 5.91 Å². The van der Waals surface area contributed by atoms with Crippen LogP contribution in [-0.2, 0) is 21.1 Å². The molecule has 0 unspecified atom stereocenters. The summed E-state index contributed by atoms with van der Waals surface area (Å²) < 4.78 is 23.4. The number of aryl methyl sites for hydroxylation is 1. The van der Waals surface area contributed by atoms with Crippen LogP contribution in [0.25, 0.3) is 0 Å². The molecule has 8 heteroatoms. The fourth-order valence-electron chi connectivity index (χ4n) is 2.34. The molecular weight excluding hydrogens is 376 g/mol. The molecule has 2 aromatic rings. The fraction of sp³-hybridized carbons (Fsp3) is 0.222. The molecule has 26 heavy (non-hydrogen) atoms. The Kier molecular flexibility index (Phi) is 6.39. The third-order valence-corrected chi connectivity index (χ3v) is 5.25. The minimum atomic E-state index is -3.56. The lowest BCUT2D eigenvalue weighted by atomic mass is 10.1. The van der Waals surface area contributed by atoms with Crippen LogP contribution in [0.2, 0.25) is 5.02 Å². The Morgan fingerprint density at radius 2 is 1.81 bits per heavy atom. The second kappa shape index (κ2) is 8.33. The van der Waals surface area contributed by atoms with Crippen molar-refractivity contribution >= 4 is 38.9 Å². The first-order valence-corrected chi connectivity index (χ1v) is 10.1. The Bertz CT molecular complexity index is 942. The van der Waals surface area contributed by atoms with E-state index in [1.807, 2.05) is 25.1 Å². The number of benzene rings is 2. The molecule has 6 nitrogen and oxygen atoms in total. The van der Waals surface area contributed by atoms with Crippen molar-refractivity contribution < 1.29 is 18.0 Å². The van der Waals surface area contributed by atoms with Crippen LogP contribution < -0.4 is 10.6 Å². The van der Waals surface area contributed by atoms with Crippen molar-refractivity contribution in [3.8, 4) is 0 Å². The van der Waals surface area contributed by atoms with Crippen molar-refractivity contribution in [3.63, 3.8) is 0 Å². The number of rotatable bonds is 6. The van der Waals surface area contributed by atoms with Crippen molar-refractivity contribution in [2.75, 3.05) is 18.1 Å². The van der Waals surface area contributed by atoms with E-state index < -0.39 is 15.7 Å². The highest BCUT2D eigenvalue weighted by Crippen LogP contribution is 2.22. The second-order valence-corrected chi connectivity index (χ2v) is 8.05. The van der Waals surface area contributed by atoms with E-state index in [-0.39, 0.29) is 27.9 Å². The molecule has 2 rings (SSSR count). The molecule has 0 aliphatic rings. The van der Waals surface area contributed by atoms with Gasteiger partial charge >= 0.3 is 0 Å². The molecule has 2 N–H and O–H groups in total. The number of amides is 2. The van der Waals surface area contributed by atoms with E-state index in [4.69, 9.17) is 11.6 Å². The third kappa shape index (κ3) is 5.06. The van der Waals surface area contributed by atoms with Gasteiger partial charge in [-0.25, -0.2) is 8.42 Å². The Labute approximate surface area is 157 Å². The van der Waals surface area contributed by atoms with E-state index >= 15 is 0 Å². The van der Waals surface area contributed by atoms with Crippen molar-refractivity contribution in [2.24, 2.45) is 0 Å². The van der Waals surface area contributed by atoms with Gasteiger partial charge in [0.15, 0.2) is 9.84 Å². The van der Waals surface area contributed by atoms with Gasteiger partial charge < -0.3 is 10.6 Å². The minimum Gasteiger partial charge on any atom is -0.343 e. The Hall–Kier alpha value is -2.38. The average molecular weight is 395 g/mol. The standard InChI is InChI=1S/C18H19ClN2O4S/c1-3-12-6-4-5-7-15(12)21-17(22)11-20-18(23)13-8-9-14(19)16(10-13)26(2,24)25/h4-10H,3,11H2,1-2H3,(H,20,23)(H,21,22). The van der Waals surface area contributed by atoms with Gasteiger partial charge in [0.05, 0.1) is 16.5 Å². The Morgan fingerprint density at radius 3 is 2.46 bits per heavy atom. The quantitative estimate of drug-likeness (QED) is 0.787. The molecule has 0 atom stereocenters. The van der Waals surface area contributed by atoms with Gasteiger partial charge in [0.1, 0.15) is 0 Å². The number of sulfone groups is 1. The summed E-state index contributed by atoms with van der Waals surface area (Å²) in [6, 6.07) is 11.3. The molecule has 0 aliphatic heterocycles. The number of anilines is 1. The number of carbonyl (C=O) groups is 2. The summed E-state index contributed by atoms with van der Waals surface area (Å²) in [4.78, 5) is 24.1. The Balaban J connectivity index is 2.04. The molecule has 0 fully saturated rings. The molecule has 2 amide bonds. The highest BCUT2D eigenvalue weighted by atomic mass is 35.5. The van der Waals surface area contributed by atoms with Crippen LogP contribution in [0.15, 0.2) is 47.4 Å². The third-order valence-electron chi connectivity index (χ3n) is 3.67. The first kappa shape index (κ1) is 19.9. The van der Waals surface area contributed by atoms with E-state index in [1.54, 1.807) is 6.07 Å². The SMILES string of the molecule is CCc1ccccc1NC(=O)CNC(=O)c1ccc(Cl)c(S(C)(=O)=O)c1. The zero-order chi connectivity index (χ0) is 19.3. The molecule has 0 saturated carbocycles. The number of nitrogens with one attached hydrogen (secondary N) is 2. The molecule has 0 radical (unpaired) electrons. The average Bonchev–Trinajstić information content (AvgIpc) is 2.59. The lowest BCUT2D eigenvalue weighted by molar-refractivity contribution is -0.115. The molecule has 0 bridgehead atoms. The Morgan fingerprint density at radius 1 is 1.12 bits per heavy atom. The number of carbonyl (C=O) groups excluding carboxylic acids is 2. The van der Waals surface area contributed by atoms with E-state index in [9.17, 15) is 18.0 Å². The first-order valence-electron chi connectivity index (χ1n) is 7.88. The van der Waals surface area contributed by atoms with Crippen LogP contribution in [-0.4, -0.2) is 33.0 Å². The van der Waals surface area contributed by atoms with Crippen molar-refractivity contribution in [1.29, 1.82) is 0 Å². The van der Waals surface area contributed by atoms with Gasteiger partial charge in [0.25, 0.3) is 5.91 Å². The van der Waals surface area contributed by atoms with Crippen LogP contribution >= 0.6 is 11.6 Å². The molecular formula is C18H19ClN2O4S. The number of hydrogen-bond donors (Lipinski definition) is 2. The highest BCUT2D eigenvalue weighted by molar-refractivity contribution is 7.90. The summed E-state index contributed by atoms with van der Waals surface area (Å²) in [5.74, 6) is -0.943. The molecule has 0 aliphatic carbocycles. The summed E-state index contributed by atoms with van der Waals surface area (Å²) in [5, 5.41) is 5.25. The maximum absolute atomic E-state index is 12.2. The second-order valence-electron chi connectivity index (χ2n) is 5.66. The summed E-state index contributed by atoms with van der Waals surface area (Å²) >= 11 is 5.86. The smallest absolute Gasteiger partial charge is 0.251 e. The minimum absolute atomic E-state index is 0.0398. The number of para-hydroxylation sites is 1. The van der Waals surface area contributed by atoms with Crippen LogP contribution in [0, 0.1) is 0 Å². The molecule has 0 spiro atoms. The zero-order valence-corrected chi connectivity index (χ0v) is 15.9. The van der Waals surface area contributed by atoms with Crippen LogP contribution in [0.3, 0.4) is 0 Å². The van der Waals surface area contributed by atoms with Gasteiger partial charge in [-0.2, -0.15) is 0 Å². The summed E-state index contributed by atoms with van der Waals surface area (Å²) in [6.07, 6.45) is 1.77. The summed E-state index contributed by atoms with van der Waals surface area (Å²) in [6.45, 7) is 1.74. The monoisotopic (exact) mass is 394 g/mol. The predicted molar refractivity (Wildman–Crippen MR) is 101 cm³/mol. The maximum atomic E-state index is 12.2. The van der Waals surface area contributed by atoms with Crippen LogP contribution in [0.5, 0.6) is 0 Å². The van der Waals surface area contributed by atoms with Crippen molar-refractivity contribution in [1.82, 2.24) is 5.32 Å². The van der Waals surface area contributed by atoms with E-state index in [0.29, 0.717) is 5.69 Å². The largest absolute Gasteiger partial charge is 0.343 e. The first-order chi connectivity index (χ1) is 12.2. The molecule has 2 aromatic carbocycles. The predicted octanol–water partition coefficient (Wildman–Crippen LogP) is 2.67. The fourth-order valence-corrected chi connectivity index (χ4v) is 3.64. The maximum Gasteiger partial charge on any atom is 0.251 e. The molecule has 0 heterocycles. The lowest BCUT2D eigenvalue weighted by Gasteiger charge is -2.11. The lowest BCUT2D eigenvalue weighted by Crippen LogP contribution is -2.33. The van der Waals surface area contributed by atoms with Crippen LogP contribution in [0.1, 0.15) is 22.8 Å². The van der Waals surface area contributed by atoms with Crippen molar-refractivity contribution in [2.45, 2.75) is 18.2 Å². The van der Waals surface area contributed by atoms with Gasteiger partial charge in [-0.05, 0) is 36.2 Å². The molecule has 138 valence electrons. The van der Waals surface area contributed by atoms with Crippen LogP contribution in [0.4, 0.5) is 5.69 Å². The van der Waals surface area contributed by atoms with Gasteiger partial charge in [0, 0.05) is 17.5 Å². The highest BCUT2D eigenvalue weighted by Gasteiger charge is 2.16. The number of halogens is 1. The van der Waals surface area contributed by atoms with E-state index in [2.05, 4.69) is 10.6 Å². The van der Waals surface area contributed by atoms with E-state index in [1.165, 1.54) is 18.2 Å². The molecule has 0 saturated heterocycles. The van der Waals surface area contributed by atoms with Gasteiger partial charge in [-0.3, -0.25) is 9.59 Å². The van der Waals surface area contributed by atoms with Crippen molar-refractivity contribution in [3.05, 3.63) is 58.6 Å². The number of hydrogen-bond acceptors (Lipinski definition) is 4. The van der Waals surface area contributed by atoms with Gasteiger partial charge in [-0.1, -0.05) is 36.7 Å². The normalized spacial score (nSPS) is 11.0. The summed E-state index contributed by atoms with van der Waals surface area (Å²) in [5.41, 5.74) is 1.79. The van der Waals surface area contributed by atoms with E-state index in [0.717, 1.165) is 18.2 Å². The summed E-state index contributed by atoms with van der Waals surface area (Å²) in [7, 11) is -3.56. The van der Waals surface area contributed by atoms with Gasteiger partial charge in [-0.15, -0.1) is 0 Å². The topological polar surface area (TPSA) is 92.3 Å².